The van der Waals surface area contributed by atoms with E-state index >= 15 is 0 Å². The van der Waals surface area contributed by atoms with Crippen LogP contribution in [0, 0.1) is 10.8 Å². The third kappa shape index (κ3) is 4.90. The first-order valence-corrected chi connectivity index (χ1v) is 6.40. The van der Waals surface area contributed by atoms with Crippen LogP contribution in [0.15, 0.2) is 0 Å². The molecule has 0 amide bonds. The van der Waals surface area contributed by atoms with Crippen molar-refractivity contribution >= 4 is 0 Å². The third-order valence-electron chi connectivity index (χ3n) is 3.31. The van der Waals surface area contributed by atoms with Gasteiger partial charge in [0.15, 0.2) is 0 Å². The van der Waals surface area contributed by atoms with Crippen molar-refractivity contribution in [1.29, 1.82) is 0 Å². The minimum absolute atomic E-state index is 0.0938. The molecule has 0 unspecified atom stereocenters. The Morgan fingerprint density at radius 2 is 0.800 bits per heavy atom. The fourth-order valence-corrected chi connectivity index (χ4v) is 1.70. The van der Waals surface area contributed by atoms with E-state index < -0.39 is 10.8 Å². The van der Waals surface area contributed by atoms with Crippen LogP contribution >= 0.6 is 0 Å². The van der Waals surface area contributed by atoms with Gasteiger partial charge in [0.05, 0.1) is 63.7 Å². The van der Waals surface area contributed by atoms with Gasteiger partial charge in [-0.25, -0.2) is 0 Å². The molecule has 2 aliphatic rings. The monoisotopic (exact) mass is 296 g/mol. The Hall–Kier alpha value is -0.320. The lowest BCUT2D eigenvalue weighted by Crippen LogP contribution is -2.43. The van der Waals surface area contributed by atoms with Crippen LogP contribution in [0.1, 0.15) is 0 Å². The lowest BCUT2D eigenvalue weighted by Gasteiger charge is -2.32. The summed E-state index contributed by atoms with van der Waals surface area (Å²) in [6, 6.07) is 0. The van der Waals surface area contributed by atoms with Gasteiger partial charge in [0.25, 0.3) is 0 Å². The van der Waals surface area contributed by atoms with Crippen LogP contribution in [0.2, 0.25) is 0 Å². The van der Waals surface area contributed by atoms with Gasteiger partial charge in [-0.05, 0) is 0 Å². The van der Waals surface area contributed by atoms with Crippen molar-refractivity contribution < 1.29 is 39.4 Å². The SMILES string of the molecule is OCC1(CO)COCOC1.OCC1(CO)COCOC1. The highest BCUT2D eigenvalue weighted by atomic mass is 16.7. The van der Waals surface area contributed by atoms with Crippen molar-refractivity contribution in [2.24, 2.45) is 10.8 Å². The minimum Gasteiger partial charge on any atom is -0.396 e. The molecule has 0 radical (unpaired) electrons. The molecule has 0 aromatic heterocycles. The summed E-state index contributed by atoms with van der Waals surface area (Å²) in [6.07, 6.45) is 0. The first-order chi connectivity index (χ1) is 9.66. The van der Waals surface area contributed by atoms with Crippen molar-refractivity contribution in [1.82, 2.24) is 0 Å². The van der Waals surface area contributed by atoms with Gasteiger partial charge >= 0.3 is 0 Å². The Morgan fingerprint density at radius 1 is 0.550 bits per heavy atom. The number of ether oxygens (including phenoxy) is 4. The van der Waals surface area contributed by atoms with Gasteiger partial charge in [-0.2, -0.15) is 0 Å². The van der Waals surface area contributed by atoms with Gasteiger partial charge in [0.2, 0.25) is 0 Å². The van der Waals surface area contributed by atoms with E-state index in [4.69, 9.17) is 39.4 Å². The molecule has 0 aromatic rings. The van der Waals surface area contributed by atoms with Crippen molar-refractivity contribution in [3.05, 3.63) is 0 Å². The molecule has 0 bridgehead atoms. The smallest absolute Gasteiger partial charge is 0.146 e. The van der Waals surface area contributed by atoms with E-state index in [0.717, 1.165) is 0 Å². The molecule has 2 heterocycles. The Balaban J connectivity index is 0.000000200. The van der Waals surface area contributed by atoms with Crippen LogP contribution in [0.4, 0.5) is 0 Å². The van der Waals surface area contributed by atoms with Crippen molar-refractivity contribution in [3.8, 4) is 0 Å². The fraction of sp³-hybridized carbons (Fsp3) is 1.00. The summed E-state index contributed by atoms with van der Waals surface area (Å²) in [5.41, 5.74) is -1.14. The maximum atomic E-state index is 8.82. The Kier molecular flexibility index (Phi) is 7.85. The van der Waals surface area contributed by atoms with Gasteiger partial charge < -0.3 is 39.4 Å². The molecular formula is C12H24O8. The summed E-state index contributed by atoms with van der Waals surface area (Å²) in [5.74, 6) is 0. The van der Waals surface area contributed by atoms with E-state index in [1.165, 1.54) is 0 Å². The van der Waals surface area contributed by atoms with Crippen LogP contribution in [0.5, 0.6) is 0 Å². The molecule has 0 atom stereocenters. The molecule has 0 aromatic carbocycles. The van der Waals surface area contributed by atoms with Crippen LogP contribution in [-0.4, -0.2) is 86.9 Å². The lowest BCUT2D eigenvalue weighted by atomic mass is 9.92. The van der Waals surface area contributed by atoms with E-state index in [2.05, 4.69) is 0 Å². The molecule has 2 fully saturated rings. The molecular weight excluding hydrogens is 272 g/mol. The topological polar surface area (TPSA) is 118 Å². The maximum Gasteiger partial charge on any atom is 0.146 e. The van der Waals surface area contributed by atoms with Crippen molar-refractivity contribution in [2.45, 2.75) is 0 Å². The van der Waals surface area contributed by atoms with E-state index in [9.17, 15) is 0 Å². The predicted octanol–water partition coefficient (Wildman–Crippen LogP) is -2.08. The second-order valence-corrected chi connectivity index (χ2v) is 5.26. The number of rotatable bonds is 4. The molecule has 0 saturated carbocycles. The lowest BCUT2D eigenvalue weighted by molar-refractivity contribution is -0.187. The largest absolute Gasteiger partial charge is 0.396 e. The minimum atomic E-state index is -0.571. The van der Waals surface area contributed by atoms with Crippen LogP contribution in [0.3, 0.4) is 0 Å². The normalized spacial score (nSPS) is 24.6. The van der Waals surface area contributed by atoms with Crippen LogP contribution in [-0.2, 0) is 18.9 Å². The second-order valence-electron chi connectivity index (χ2n) is 5.26. The van der Waals surface area contributed by atoms with E-state index in [1.54, 1.807) is 0 Å². The zero-order chi connectivity index (χ0) is 14.9. The van der Waals surface area contributed by atoms with Crippen LogP contribution < -0.4 is 0 Å². The highest BCUT2D eigenvalue weighted by Crippen LogP contribution is 2.20. The standard InChI is InChI=1S/2C6H12O4/c2*7-1-6(2-8)3-9-5-10-4-6/h2*7-8H,1-5H2. The van der Waals surface area contributed by atoms with Crippen molar-refractivity contribution in [3.63, 3.8) is 0 Å². The van der Waals surface area contributed by atoms with E-state index in [-0.39, 0.29) is 40.0 Å². The molecule has 8 heteroatoms. The first-order valence-electron chi connectivity index (χ1n) is 6.40. The summed E-state index contributed by atoms with van der Waals surface area (Å²) in [7, 11) is 0. The van der Waals surface area contributed by atoms with Gasteiger partial charge in [0, 0.05) is 0 Å². The van der Waals surface area contributed by atoms with Crippen molar-refractivity contribution in [2.75, 3.05) is 66.4 Å². The average molecular weight is 296 g/mol. The first kappa shape index (κ1) is 17.7. The zero-order valence-corrected chi connectivity index (χ0v) is 11.5. The highest BCUT2D eigenvalue weighted by Gasteiger charge is 2.33. The van der Waals surface area contributed by atoms with Gasteiger partial charge in [-0.15, -0.1) is 0 Å². The zero-order valence-electron chi connectivity index (χ0n) is 11.5. The summed E-state index contributed by atoms with van der Waals surface area (Å²) in [5, 5.41) is 35.3. The van der Waals surface area contributed by atoms with Crippen LogP contribution in [0.25, 0.3) is 0 Å². The molecule has 2 saturated heterocycles. The average Bonchev–Trinajstić information content (AvgIpc) is 2.56. The molecule has 8 nitrogen and oxygen atoms in total. The summed E-state index contributed by atoms with van der Waals surface area (Å²) < 4.78 is 19.7. The van der Waals surface area contributed by atoms with Gasteiger partial charge in [0.1, 0.15) is 13.6 Å². The molecule has 2 aliphatic heterocycles. The second kappa shape index (κ2) is 8.85. The Bertz CT molecular complexity index is 210. The Labute approximate surface area is 117 Å². The third-order valence-corrected chi connectivity index (χ3v) is 3.31. The Morgan fingerprint density at radius 3 is 0.950 bits per heavy atom. The molecule has 20 heavy (non-hydrogen) atoms. The number of aliphatic hydroxyl groups excluding tert-OH is 4. The molecule has 120 valence electrons. The number of aliphatic hydroxyl groups is 4. The summed E-state index contributed by atoms with van der Waals surface area (Å²) in [6.45, 7) is 1.66. The molecule has 4 N–H and O–H groups in total. The van der Waals surface area contributed by atoms with Gasteiger partial charge in [-0.3, -0.25) is 0 Å². The number of hydrogen-bond acceptors (Lipinski definition) is 8. The quantitative estimate of drug-likeness (QED) is 0.467. The fourth-order valence-electron chi connectivity index (χ4n) is 1.70. The summed E-state index contributed by atoms with van der Waals surface area (Å²) in [4.78, 5) is 0. The summed E-state index contributed by atoms with van der Waals surface area (Å²) >= 11 is 0. The number of hydrogen-bond donors (Lipinski definition) is 4. The maximum absolute atomic E-state index is 8.82. The molecule has 2 rings (SSSR count). The van der Waals surface area contributed by atoms with Gasteiger partial charge in [-0.1, -0.05) is 0 Å². The van der Waals surface area contributed by atoms with E-state index in [0.29, 0.717) is 26.4 Å². The predicted molar refractivity (Wildman–Crippen MR) is 66.8 cm³/mol. The highest BCUT2D eigenvalue weighted by molar-refractivity contribution is 4.79. The molecule has 0 aliphatic carbocycles. The molecule has 0 spiro atoms. The van der Waals surface area contributed by atoms with E-state index in [1.807, 2.05) is 0 Å².